The molecular weight excluding hydrogens is 320 g/mol. The number of carbonyl (C=O) groups is 1. The number of benzene rings is 2. The van der Waals surface area contributed by atoms with Gasteiger partial charge in [-0.05, 0) is 37.3 Å². The molecule has 24 heavy (non-hydrogen) atoms. The normalized spacial score (nSPS) is 10.1. The van der Waals surface area contributed by atoms with Crippen LogP contribution in [-0.4, -0.2) is 19.2 Å². The average Bonchev–Trinajstić information content (AvgIpc) is 2.56. The summed E-state index contributed by atoms with van der Waals surface area (Å²) < 4.78 is 39.5. The molecule has 0 spiro atoms. The number of para-hydroxylation sites is 1. The van der Waals surface area contributed by atoms with E-state index >= 15 is 0 Å². The number of ether oxygens (including phenoxy) is 3. The fourth-order valence-electron chi connectivity index (χ4n) is 1.90. The van der Waals surface area contributed by atoms with Crippen LogP contribution in [0.25, 0.3) is 0 Å². The Labute approximate surface area is 137 Å². The Morgan fingerprint density at radius 2 is 1.92 bits per heavy atom. The maximum absolute atomic E-state index is 12.4. The first-order valence-corrected chi connectivity index (χ1v) is 6.98. The highest BCUT2D eigenvalue weighted by Crippen LogP contribution is 2.30. The van der Waals surface area contributed by atoms with Gasteiger partial charge in [-0.25, -0.2) is 4.79 Å². The maximum Gasteiger partial charge on any atom is 0.387 e. The molecule has 0 aliphatic rings. The van der Waals surface area contributed by atoms with Gasteiger partial charge in [-0.1, -0.05) is 12.1 Å². The zero-order valence-corrected chi connectivity index (χ0v) is 12.7. The van der Waals surface area contributed by atoms with Crippen LogP contribution in [0.4, 0.5) is 8.78 Å². The topological polar surface area (TPSA) is 68.5 Å². The minimum absolute atomic E-state index is 0.000758. The minimum Gasteiger partial charge on any atom is -0.490 e. The van der Waals surface area contributed by atoms with Crippen LogP contribution in [0.15, 0.2) is 42.5 Å². The molecule has 0 amide bonds. The number of rotatable bonds is 6. The lowest BCUT2D eigenvalue weighted by molar-refractivity contribution is -0.0514. The van der Waals surface area contributed by atoms with Crippen molar-refractivity contribution in [1.82, 2.24) is 0 Å². The van der Waals surface area contributed by atoms with Crippen molar-refractivity contribution in [3.8, 4) is 23.3 Å². The summed E-state index contributed by atoms with van der Waals surface area (Å²) in [5, 5.41) is 8.99. The molecule has 5 nitrogen and oxygen atoms in total. The molecule has 0 bridgehead atoms. The molecule has 0 aliphatic carbocycles. The molecule has 0 fully saturated rings. The lowest BCUT2D eigenvalue weighted by atomic mass is 10.2. The maximum atomic E-state index is 12.4. The number of carbonyl (C=O) groups excluding carboxylic acids is 1. The van der Waals surface area contributed by atoms with E-state index in [2.05, 4.69) is 4.74 Å². The summed E-state index contributed by atoms with van der Waals surface area (Å²) in [6, 6.07) is 11.9. The van der Waals surface area contributed by atoms with Gasteiger partial charge in [0.05, 0.1) is 17.7 Å². The lowest BCUT2D eigenvalue weighted by Crippen LogP contribution is -2.11. The van der Waals surface area contributed by atoms with Gasteiger partial charge in [-0.3, -0.25) is 0 Å². The Kier molecular flexibility index (Phi) is 5.68. The minimum atomic E-state index is -3.01. The Hall–Kier alpha value is -3.14. The van der Waals surface area contributed by atoms with Crippen molar-refractivity contribution < 1.29 is 27.8 Å². The molecule has 0 aromatic heterocycles. The van der Waals surface area contributed by atoms with E-state index in [1.165, 1.54) is 30.3 Å². The van der Waals surface area contributed by atoms with E-state index in [4.69, 9.17) is 14.7 Å². The van der Waals surface area contributed by atoms with E-state index in [1.807, 2.05) is 6.07 Å². The summed E-state index contributed by atoms with van der Waals surface area (Å²) in [4.78, 5) is 12.2. The van der Waals surface area contributed by atoms with Gasteiger partial charge in [-0.2, -0.15) is 14.0 Å². The molecular formula is C17H13F2NO4. The van der Waals surface area contributed by atoms with Crippen LogP contribution < -0.4 is 14.2 Å². The van der Waals surface area contributed by atoms with Crippen molar-refractivity contribution in [3.05, 3.63) is 53.6 Å². The van der Waals surface area contributed by atoms with E-state index in [0.717, 1.165) is 0 Å². The number of nitriles is 1. The van der Waals surface area contributed by atoms with Crippen LogP contribution in [0.1, 0.15) is 22.8 Å². The van der Waals surface area contributed by atoms with Gasteiger partial charge in [0.15, 0.2) is 11.5 Å². The summed E-state index contributed by atoms with van der Waals surface area (Å²) in [6.45, 7) is -1.14. The van der Waals surface area contributed by atoms with E-state index in [9.17, 15) is 13.6 Å². The van der Waals surface area contributed by atoms with Gasteiger partial charge < -0.3 is 14.2 Å². The van der Waals surface area contributed by atoms with Crippen LogP contribution in [0.3, 0.4) is 0 Å². The summed E-state index contributed by atoms with van der Waals surface area (Å²) >= 11 is 0. The Morgan fingerprint density at radius 3 is 2.58 bits per heavy atom. The van der Waals surface area contributed by atoms with Crippen LogP contribution >= 0.6 is 0 Å². The second-order valence-corrected chi connectivity index (χ2v) is 4.47. The highest BCUT2D eigenvalue weighted by molar-refractivity contribution is 5.92. The number of hydrogen-bond acceptors (Lipinski definition) is 5. The largest absolute Gasteiger partial charge is 0.490 e. The summed E-state index contributed by atoms with van der Waals surface area (Å²) in [5.41, 5.74) is 0.279. The van der Waals surface area contributed by atoms with Crippen LogP contribution in [0.2, 0.25) is 0 Å². The third kappa shape index (κ3) is 4.20. The number of hydrogen-bond donors (Lipinski definition) is 0. The van der Waals surface area contributed by atoms with Gasteiger partial charge in [0, 0.05) is 0 Å². The second kappa shape index (κ2) is 7.92. The van der Waals surface area contributed by atoms with E-state index in [1.54, 1.807) is 19.1 Å². The zero-order valence-electron chi connectivity index (χ0n) is 12.7. The van der Waals surface area contributed by atoms with Crippen LogP contribution in [0, 0.1) is 11.3 Å². The molecule has 2 aromatic rings. The van der Waals surface area contributed by atoms with Gasteiger partial charge >= 0.3 is 12.6 Å². The highest BCUT2D eigenvalue weighted by atomic mass is 19.3. The zero-order chi connectivity index (χ0) is 17.5. The molecule has 2 rings (SSSR count). The summed E-state index contributed by atoms with van der Waals surface area (Å²) in [7, 11) is 0. The molecule has 0 N–H and O–H groups in total. The summed E-state index contributed by atoms with van der Waals surface area (Å²) in [5.74, 6) is -0.820. The Bertz CT molecular complexity index is 771. The average molecular weight is 333 g/mol. The molecule has 0 aliphatic heterocycles. The highest BCUT2D eigenvalue weighted by Gasteiger charge is 2.17. The first-order valence-electron chi connectivity index (χ1n) is 6.98. The fraction of sp³-hybridized carbons (Fsp3) is 0.176. The number of nitrogens with zero attached hydrogens (tertiary/aromatic N) is 1. The van der Waals surface area contributed by atoms with Gasteiger partial charge in [0.1, 0.15) is 11.8 Å². The molecule has 0 radical (unpaired) electrons. The number of esters is 1. The summed E-state index contributed by atoms with van der Waals surface area (Å²) in [6.07, 6.45) is 0. The standard InChI is InChI=1S/C17H13F2NO4/c1-2-22-15-9-11(7-8-14(15)24-17(18)19)16(21)23-13-6-4-3-5-12(13)10-20/h3-9,17H,2H2,1H3. The third-order valence-corrected chi connectivity index (χ3v) is 2.91. The molecule has 0 atom stereocenters. The van der Waals surface area contributed by atoms with Gasteiger partial charge in [-0.15, -0.1) is 0 Å². The Morgan fingerprint density at radius 1 is 1.17 bits per heavy atom. The molecule has 0 heterocycles. The van der Waals surface area contributed by atoms with Crippen molar-refractivity contribution >= 4 is 5.97 Å². The van der Waals surface area contributed by atoms with Crippen molar-refractivity contribution in [2.75, 3.05) is 6.61 Å². The van der Waals surface area contributed by atoms with Gasteiger partial charge in [0.2, 0.25) is 0 Å². The predicted octanol–water partition coefficient (Wildman–Crippen LogP) is 3.78. The van der Waals surface area contributed by atoms with E-state index in [0.29, 0.717) is 0 Å². The predicted molar refractivity (Wildman–Crippen MR) is 80.4 cm³/mol. The smallest absolute Gasteiger partial charge is 0.387 e. The van der Waals surface area contributed by atoms with Crippen molar-refractivity contribution in [2.45, 2.75) is 13.5 Å². The second-order valence-electron chi connectivity index (χ2n) is 4.47. The van der Waals surface area contributed by atoms with E-state index < -0.39 is 12.6 Å². The van der Waals surface area contributed by atoms with Crippen molar-refractivity contribution in [2.24, 2.45) is 0 Å². The fourth-order valence-corrected chi connectivity index (χ4v) is 1.90. The quantitative estimate of drug-likeness (QED) is 0.594. The van der Waals surface area contributed by atoms with Crippen molar-refractivity contribution in [1.29, 1.82) is 5.26 Å². The first kappa shape index (κ1) is 17.2. The molecule has 2 aromatic carbocycles. The number of halogens is 2. The van der Waals surface area contributed by atoms with E-state index in [-0.39, 0.29) is 35.0 Å². The molecule has 0 saturated heterocycles. The third-order valence-electron chi connectivity index (χ3n) is 2.91. The van der Waals surface area contributed by atoms with Crippen LogP contribution in [0.5, 0.6) is 17.2 Å². The first-order chi connectivity index (χ1) is 11.5. The Balaban J connectivity index is 2.26. The molecule has 7 heteroatoms. The number of alkyl halides is 2. The lowest BCUT2D eigenvalue weighted by Gasteiger charge is -2.12. The molecule has 124 valence electrons. The molecule has 0 unspecified atom stereocenters. The molecule has 0 saturated carbocycles. The SMILES string of the molecule is CCOc1cc(C(=O)Oc2ccccc2C#N)ccc1OC(F)F. The van der Waals surface area contributed by atoms with Crippen molar-refractivity contribution in [3.63, 3.8) is 0 Å². The van der Waals surface area contributed by atoms with Crippen LogP contribution in [-0.2, 0) is 0 Å². The monoisotopic (exact) mass is 333 g/mol. The van der Waals surface area contributed by atoms with Gasteiger partial charge in [0.25, 0.3) is 0 Å².